The average Bonchev–Trinajstić information content (AvgIpc) is 2.87. The molecule has 0 saturated carbocycles. The van der Waals surface area contributed by atoms with Gasteiger partial charge in [-0.3, -0.25) is 0 Å². The highest BCUT2D eigenvalue weighted by Crippen LogP contribution is 2.23. The van der Waals surface area contributed by atoms with Gasteiger partial charge in [0.25, 0.3) is 0 Å². The van der Waals surface area contributed by atoms with E-state index in [0.29, 0.717) is 11.3 Å². The molecule has 1 aromatic heterocycles. The van der Waals surface area contributed by atoms with Crippen LogP contribution in [0.15, 0.2) is 28.7 Å². The molecule has 7 nitrogen and oxygen atoms in total. The Hall–Kier alpha value is -2.41. The van der Waals surface area contributed by atoms with E-state index in [1.54, 1.807) is 31.4 Å². The summed E-state index contributed by atoms with van der Waals surface area (Å²) >= 11 is 0. The van der Waals surface area contributed by atoms with Crippen molar-refractivity contribution in [2.24, 2.45) is 5.73 Å². The molecule has 2 aromatic rings. The van der Waals surface area contributed by atoms with Crippen molar-refractivity contribution < 1.29 is 19.1 Å². The highest BCUT2D eigenvalue weighted by atomic mass is 16.5. The molecule has 18 heavy (non-hydrogen) atoms. The second kappa shape index (κ2) is 4.84. The fraction of sp³-hybridized carbons (Fsp3) is 0.182. The summed E-state index contributed by atoms with van der Waals surface area (Å²) < 4.78 is 10.3. The van der Waals surface area contributed by atoms with Gasteiger partial charge in [-0.1, -0.05) is 6.07 Å². The summed E-state index contributed by atoms with van der Waals surface area (Å²) in [5.74, 6) is -0.536. The lowest BCUT2D eigenvalue weighted by atomic mass is 10.2. The number of aromatic nitrogens is 2. The van der Waals surface area contributed by atoms with Crippen molar-refractivity contribution in [2.45, 2.75) is 6.04 Å². The molecule has 0 aliphatic rings. The third-order valence-electron chi connectivity index (χ3n) is 2.29. The Kier molecular flexibility index (Phi) is 3.24. The number of carbonyl (C=O) groups is 1. The van der Waals surface area contributed by atoms with Gasteiger partial charge in [0.2, 0.25) is 11.8 Å². The molecule has 0 aliphatic carbocycles. The average molecular weight is 249 g/mol. The van der Waals surface area contributed by atoms with Gasteiger partial charge >= 0.3 is 5.97 Å². The molecule has 0 amide bonds. The lowest BCUT2D eigenvalue weighted by molar-refractivity contribution is -0.139. The van der Waals surface area contributed by atoms with E-state index in [-0.39, 0.29) is 11.8 Å². The molecule has 0 aliphatic heterocycles. The van der Waals surface area contributed by atoms with Crippen LogP contribution in [0.3, 0.4) is 0 Å². The lowest BCUT2D eigenvalue weighted by Crippen LogP contribution is -2.20. The summed E-state index contributed by atoms with van der Waals surface area (Å²) in [5.41, 5.74) is 6.00. The van der Waals surface area contributed by atoms with Crippen LogP contribution in [-0.2, 0) is 4.79 Å². The number of benzene rings is 1. The Morgan fingerprint density at radius 1 is 1.50 bits per heavy atom. The SMILES string of the molecule is COc1cccc(-c2nnc(C(N)C(=O)O)o2)c1. The molecule has 1 aromatic carbocycles. The lowest BCUT2D eigenvalue weighted by Gasteiger charge is -2.01. The third-order valence-corrected chi connectivity index (χ3v) is 2.29. The molecular weight excluding hydrogens is 238 g/mol. The molecular formula is C11H11N3O4. The molecule has 0 spiro atoms. The van der Waals surface area contributed by atoms with Gasteiger partial charge < -0.3 is 20.0 Å². The van der Waals surface area contributed by atoms with Crippen molar-refractivity contribution in [3.63, 3.8) is 0 Å². The maximum absolute atomic E-state index is 10.7. The third kappa shape index (κ3) is 2.30. The van der Waals surface area contributed by atoms with E-state index >= 15 is 0 Å². The molecule has 7 heteroatoms. The van der Waals surface area contributed by atoms with Gasteiger partial charge in [0.05, 0.1) is 7.11 Å². The highest BCUT2D eigenvalue weighted by Gasteiger charge is 2.21. The number of nitrogens with two attached hydrogens (primary N) is 1. The van der Waals surface area contributed by atoms with Gasteiger partial charge in [0.1, 0.15) is 5.75 Å². The summed E-state index contributed by atoms with van der Waals surface area (Å²) in [6, 6.07) is 5.64. The maximum atomic E-state index is 10.7. The first-order valence-corrected chi connectivity index (χ1v) is 5.08. The molecule has 0 fully saturated rings. The number of ether oxygens (including phenoxy) is 1. The predicted molar refractivity (Wildman–Crippen MR) is 60.9 cm³/mol. The predicted octanol–water partition coefficient (Wildman–Crippen LogP) is 0.830. The smallest absolute Gasteiger partial charge is 0.330 e. The summed E-state index contributed by atoms with van der Waals surface area (Å²) in [4.78, 5) is 10.7. The van der Waals surface area contributed by atoms with Crippen LogP contribution in [0.25, 0.3) is 11.5 Å². The van der Waals surface area contributed by atoms with Gasteiger partial charge in [0, 0.05) is 5.56 Å². The molecule has 1 heterocycles. The zero-order chi connectivity index (χ0) is 13.1. The Morgan fingerprint density at radius 2 is 2.28 bits per heavy atom. The zero-order valence-electron chi connectivity index (χ0n) is 9.53. The van der Waals surface area contributed by atoms with Crippen LogP contribution >= 0.6 is 0 Å². The Balaban J connectivity index is 2.31. The molecule has 1 atom stereocenters. The number of carboxylic acids is 1. The van der Waals surface area contributed by atoms with Crippen molar-refractivity contribution >= 4 is 5.97 Å². The van der Waals surface area contributed by atoms with Crippen molar-refractivity contribution in [1.29, 1.82) is 0 Å². The van der Waals surface area contributed by atoms with Gasteiger partial charge in [-0.2, -0.15) is 0 Å². The molecule has 3 N–H and O–H groups in total. The minimum atomic E-state index is -1.32. The van der Waals surface area contributed by atoms with Crippen LogP contribution in [0.1, 0.15) is 11.9 Å². The molecule has 2 rings (SSSR count). The number of aliphatic carboxylic acids is 1. The van der Waals surface area contributed by atoms with E-state index in [1.807, 2.05) is 0 Å². The second-order valence-corrected chi connectivity index (χ2v) is 3.49. The highest BCUT2D eigenvalue weighted by molar-refractivity contribution is 5.73. The second-order valence-electron chi connectivity index (χ2n) is 3.49. The molecule has 0 saturated heterocycles. The number of rotatable bonds is 4. The van der Waals surface area contributed by atoms with Crippen LogP contribution in [0, 0.1) is 0 Å². The maximum Gasteiger partial charge on any atom is 0.330 e. The monoisotopic (exact) mass is 249 g/mol. The number of carboxylic acid groups (broad SMARTS) is 1. The Labute approximate surface area is 102 Å². The number of hydrogen-bond donors (Lipinski definition) is 2. The quantitative estimate of drug-likeness (QED) is 0.825. The van der Waals surface area contributed by atoms with E-state index in [1.165, 1.54) is 0 Å². The van der Waals surface area contributed by atoms with E-state index in [9.17, 15) is 4.79 Å². The van der Waals surface area contributed by atoms with Crippen LogP contribution in [0.2, 0.25) is 0 Å². The molecule has 1 unspecified atom stereocenters. The molecule has 0 bridgehead atoms. The standard InChI is InChI=1S/C11H11N3O4/c1-17-7-4-2-3-6(5-7)9-13-14-10(18-9)8(12)11(15)16/h2-5,8H,12H2,1H3,(H,15,16). The van der Waals surface area contributed by atoms with Gasteiger partial charge in [-0.15, -0.1) is 10.2 Å². The Morgan fingerprint density at radius 3 is 2.94 bits per heavy atom. The summed E-state index contributed by atoms with van der Waals surface area (Å²) in [6.45, 7) is 0. The number of methoxy groups -OCH3 is 1. The normalized spacial score (nSPS) is 12.1. The van der Waals surface area contributed by atoms with E-state index < -0.39 is 12.0 Å². The summed E-state index contributed by atoms with van der Waals surface area (Å²) in [5, 5.41) is 16.1. The minimum Gasteiger partial charge on any atom is -0.497 e. The van der Waals surface area contributed by atoms with Crippen molar-refractivity contribution in [3.8, 4) is 17.2 Å². The topological polar surface area (TPSA) is 111 Å². The van der Waals surface area contributed by atoms with Gasteiger partial charge in [0.15, 0.2) is 6.04 Å². The number of hydrogen-bond acceptors (Lipinski definition) is 6. The minimum absolute atomic E-state index is 0.139. The van der Waals surface area contributed by atoms with Crippen LogP contribution in [0.4, 0.5) is 0 Å². The van der Waals surface area contributed by atoms with Crippen LogP contribution in [0.5, 0.6) is 5.75 Å². The van der Waals surface area contributed by atoms with Crippen molar-refractivity contribution in [3.05, 3.63) is 30.2 Å². The zero-order valence-corrected chi connectivity index (χ0v) is 9.53. The fourth-order valence-electron chi connectivity index (χ4n) is 1.34. The van der Waals surface area contributed by atoms with Gasteiger partial charge in [-0.05, 0) is 18.2 Å². The van der Waals surface area contributed by atoms with Crippen LogP contribution < -0.4 is 10.5 Å². The first kappa shape index (κ1) is 12.1. The summed E-state index contributed by atoms with van der Waals surface area (Å²) in [7, 11) is 1.54. The summed E-state index contributed by atoms with van der Waals surface area (Å²) in [6.07, 6.45) is 0. The van der Waals surface area contributed by atoms with Gasteiger partial charge in [-0.25, -0.2) is 4.79 Å². The number of nitrogens with zero attached hydrogens (tertiary/aromatic N) is 2. The molecule has 94 valence electrons. The van der Waals surface area contributed by atoms with Crippen molar-refractivity contribution in [2.75, 3.05) is 7.11 Å². The first-order chi connectivity index (χ1) is 8.61. The largest absolute Gasteiger partial charge is 0.497 e. The van der Waals surface area contributed by atoms with Crippen LogP contribution in [-0.4, -0.2) is 28.4 Å². The Bertz CT molecular complexity index is 567. The van der Waals surface area contributed by atoms with E-state index in [0.717, 1.165) is 0 Å². The fourth-order valence-corrected chi connectivity index (χ4v) is 1.34. The van der Waals surface area contributed by atoms with Crippen molar-refractivity contribution in [1.82, 2.24) is 10.2 Å². The van der Waals surface area contributed by atoms with E-state index in [2.05, 4.69) is 10.2 Å². The first-order valence-electron chi connectivity index (χ1n) is 5.08. The van der Waals surface area contributed by atoms with E-state index in [4.69, 9.17) is 20.0 Å². The molecule has 0 radical (unpaired) electrons.